The van der Waals surface area contributed by atoms with E-state index >= 15 is 0 Å². The predicted octanol–water partition coefficient (Wildman–Crippen LogP) is 2.95. The molecule has 0 radical (unpaired) electrons. The van der Waals surface area contributed by atoms with Gasteiger partial charge in [-0.05, 0) is 35.4 Å². The van der Waals surface area contributed by atoms with Crippen molar-refractivity contribution in [3.8, 4) is 11.5 Å². The van der Waals surface area contributed by atoms with Gasteiger partial charge < -0.3 is 14.2 Å². The molecule has 1 aromatic carbocycles. The Labute approximate surface area is 138 Å². The summed E-state index contributed by atoms with van der Waals surface area (Å²) in [6.45, 7) is 10.3. The molecular weight excluding hydrogens is 290 g/mol. The molecule has 1 aromatic rings. The van der Waals surface area contributed by atoms with Crippen LogP contribution in [0.2, 0.25) is 0 Å². The van der Waals surface area contributed by atoms with Crippen LogP contribution in [0.15, 0.2) is 18.2 Å². The predicted molar refractivity (Wildman–Crippen MR) is 88.9 cm³/mol. The van der Waals surface area contributed by atoms with E-state index in [1.807, 2.05) is 13.2 Å². The number of hydrogen-bond acceptors (Lipinski definition) is 4. The van der Waals surface area contributed by atoms with Gasteiger partial charge in [-0.25, -0.2) is 0 Å². The fourth-order valence-corrected chi connectivity index (χ4v) is 5.28. The molecule has 126 valence electrons. The van der Waals surface area contributed by atoms with Gasteiger partial charge in [0.05, 0.1) is 6.61 Å². The molecule has 2 heterocycles. The van der Waals surface area contributed by atoms with Gasteiger partial charge in [0, 0.05) is 32.2 Å². The summed E-state index contributed by atoms with van der Waals surface area (Å²) in [7, 11) is 1.83. The molecular formula is C19H27NO3. The Morgan fingerprint density at radius 3 is 2.74 bits per heavy atom. The van der Waals surface area contributed by atoms with Crippen molar-refractivity contribution in [1.29, 1.82) is 0 Å². The van der Waals surface area contributed by atoms with Crippen molar-refractivity contribution in [2.24, 2.45) is 16.7 Å². The Hall–Kier alpha value is -1.26. The second kappa shape index (κ2) is 5.38. The molecule has 2 fully saturated rings. The number of ether oxygens (including phenoxy) is 3. The number of benzene rings is 1. The molecule has 4 heteroatoms. The standard InChI is InChI=1S/C19H27NO3/c1-18(2)11-19(13-21-3)12-20(10-17(18)19)9-14-4-5-15-16(8-14)23-7-6-22-15/h4-5,8,17H,6-7,9-13H2,1-3H3/t17-,19-/m1/s1. The summed E-state index contributed by atoms with van der Waals surface area (Å²) in [5, 5.41) is 0. The molecule has 2 atom stereocenters. The zero-order valence-corrected chi connectivity index (χ0v) is 14.4. The van der Waals surface area contributed by atoms with Crippen molar-refractivity contribution in [2.75, 3.05) is 40.0 Å². The number of fused-ring (bicyclic) bond motifs is 2. The van der Waals surface area contributed by atoms with E-state index in [-0.39, 0.29) is 0 Å². The normalized spacial score (nSPS) is 31.5. The summed E-state index contributed by atoms with van der Waals surface area (Å²) in [5.74, 6) is 2.51. The van der Waals surface area contributed by atoms with Gasteiger partial charge in [-0.2, -0.15) is 0 Å². The Bertz CT molecular complexity index is 600. The van der Waals surface area contributed by atoms with Crippen LogP contribution in [0, 0.1) is 16.7 Å². The minimum Gasteiger partial charge on any atom is -0.486 e. The van der Waals surface area contributed by atoms with Crippen LogP contribution in [0.5, 0.6) is 11.5 Å². The van der Waals surface area contributed by atoms with Crippen LogP contribution in [-0.2, 0) is 11.3 Å². The SMILES string of the molecule is COC[C@@]12CN(Cc3ccc4c(c3)OCCO4)C[C@@H]1C(C)(C)C2. The second-order valence-corrected chi connectivity index (χ2v) is 8.16. The third-order valence-electron chi connectivity index (χ3n) is 5.91. The molecule has 23 heavy (non-hydrogen) atoms. The fraction of sp³-hybridized carbons (Fsp3) is 0.684. The van der Waals surface area contributed by atoms with Gasteiger partial charge in [-0.15, -0.1) is 0 Å². The molecule has 1 saturated heterocycles. The third kappa shape index (κ3) is 2.52. The topological polar surface area (TPSA) is 30.9 Å². The van der Waals surface area contributed by atoms with Gasteiger partial charge in [0.2, 0.25) is 0 Å². The van der Waals surface area contributed by atoms with E-state index in [4.69, 9.17) is 14.2 Å². The van der Waals surface area contributed by atoms with Crippen molar-refractivity contribution in [3.63, 3.8) is 0 Å². The van der Waals surface area contributed by atoms with Crippen LogP contribution in [0.4, 0.5) is 0 Å². The van der Waals surface area contributed by atoms with E-state index in [1.165, 1.54) is 18.5 Å². The lowest BCUT2D eigenvalue weighted by molar-refractivity contribution is -0.107. The number of rotatable bonds is 4. The van der Waals surface area contributed by atoms with Crippen LogP contribution in [0.25, 0.3) is 0 Å². The summed E-state index contributed by atoms with van der Waals surface area (Å²) in [6, 6.07) is 6.36. The van der Waals surface area contributed by atoms with Crippen LogP contribution in [0.1, 0.15) is 25.8 Å². The Kier molecular flexibility index (Phi) is 3.58. The maximum absolute atomic E-state index is 5.71. The highest BCUT2D eigenvalue weighted by Gasteiger charge is 2.62. The molecule has 1 saturated carbocycles. The van der Waals surface area contributed by atoms with Gasteiger partial charge in [0.1, 0.15) is 13.2 Å². The highest BCUT2D eigenvalue weighted by molar-refractivity contribution is 5.43. The lowest BCUT2D eigenvalue weighted by atomic mass is 9.48. The van der Waals surface area contributed by atoms with Gasteiger partial charge in [0.15, 0.2) is 11.5 Å². The maximum atomic E-state index is 5.71. The number of nitrogens with zero attached hydrogens (tertiary/aromatic N) is 1. The summed E-state index contributed by atoms with van der Waals surface area (Å²) in [5.41, 5.74) is 2.12. The molecule has 0 aromatic heterocycles. The van der Waals surface area contributed by atoms with E-state index in [1.54, 1.807) is 0 Å². The highest BCUT2D eigenvalue weighted by Crippen LogP contribution is 2.62. The lowest BCUT2D eigenvalue weighted by Gasteiger charge is -2.56. The van der Waals surface area contributed by atoms with E-state index in [2.05, 4.69) is 30.9 Å². The average Bonchev–Trinajstić information content (AvgIpc) is 2.81. The highest BCUT2D eigenvalue weighted by atomic mass is 16.6. The van der Waals surface area contributed by atoms with E-state index in [0.717, 1.165) is 37.1 Å². The first-order chi connectivity index (χ1) is 11.0. The fourth-order valence-electron chi connectivity index (χ4n) is 5.28. The third-order valence-corrected chi connectivity index (χ3v) is 5.91. The average molecular weight is 317 g/mol. The quantitative estimate of drug-likeness (QED) is 0.854. The molecule has 2 aliphatic heterocycles. The van der Waals surface area contributed by atoms with Crippen molar-refractivity contribution in [3.05, 3.63) is 23.8 Å². The zero-order valence-electron chi connectivity index (χ0n) is 14.4. The number of likely N-dealkylation sites (tertiary alicyclic amines) is 1. The molecule has 0 amide bonds. The molecule has 3 aliphatic rings. The molecule has 0 N–H and O–H groups in total. The first kappa shape index (κ1) is 15.3. The number of hydrogen-bond donors (Lipinski definition) is 0. The first-order valence-electron chi connectivity index (χ1n) is 8.62. The molecule has 4 rings (SSSR count). The largest absolute Gasteiger partial charge is 0.486 e. The molecule has 4 nitrogen and oxygen atoms in total. The van der Waals surface area contributed by atoms with Crippen LogP contribution >= 0.6 is 0 Å². The Morgan fingerprint density at radius 1 is 1.22 bits per heavy atom. The van der Waals surface area contributed by atoms with Gasteiger partial charge in [0.25, 0.3) is 0 Å². The summed E-state index contributed by atoms with van der Waals surface area (Å²) in [6.07, 6.45) is 1.27. The van der Waals surface area contributed by atoms with Gasteiger partial charge >= 0.3 is 0 Å². The van der Waals surface area contributed by atoms with Crippen LogP contribution in [-0.4, -0.2) is 44.9 Å². The van der Waals surface area contributed by atoms with E-state index in [9.17, 15) is 0 Å². The van der Waals surface area contributed by atoms with Crippen LogP contribution < -0.4 is 9.47 Å². The van der Waals surface area contributed by atoms with Crippen LogP contribution in [0.3, 0.4) is 0 Å². The van der Waals surface area contributed by atoms with Crippen molar-refractivity contribution in [2.45, 2.75) is 26.8 Å². The van der Waals surface area contributed by atoms with Crippen molar-refractivity contribution < 1.29 is 14.2 Å². The molecule has 0 spiro atoms. The summed E-state index contributed by atoms with van der Waals surface area (Å²) in [4.78, 5) is 2.59. The minimum absolute atomic E-state index is 0.367. The number of methoxy groups -OCH3 is 1. The zero-order chi connectivity index (χ0) is 16.1. The van der Waals surface area contributed by atoms with Gasteiger partial charge in [-0.3, -0.25) is 4.90 Å². The summed E-state index contributed by atoms with van der Waals surface area (Å²) >= 11 is 0. The second-order valence-electron chi connectivity index (χ2n) is 8.16. The van der Waals surface area contributed by atoms with Crippen molar-refractivity contribution >= 4 is 0 Å². The van der Waals surface area contributed by atoms with Gasteiger partial charge in [-0.1, -0.05) is 19.9 Å². The first-order valence-corrected chi connectivity index (χ1v) is 8.62. The summed E-state index contributed by atoms with van der Waals surface area (Å²) < 4.78 is 16.9. The molecule has 1 aliphatic carbocycles. The molecule has 0 bridgehead atoms. The van der Waals surface area contributed by atoms with E-state index in [0.29, 0.717) is 24.0 Å². The Balaban J connectivity index is 1.48. The molecule has 0 unspecified atom stereocenters. The maximum Gasteiger partial charge on any atom is 0.161 e. The Morgan fingerprint density at radius 2 is 2.00 bits per heavy atom. The smallest absolute Gasteiger partial charge is 0.161 e. The minimum atomic E-state index is 0.367. The van der Waals surface area contributed by atoms with E-state index < -0.39 is 0 Å². The lowest BCUT2D eigenvalue weighted by Crippen LogP contribution is -2.55. The monoisotopic (exact) mass is 317 g/mol. The van der Waals surface area contributed by atoms with Crippen molar-refractivity contribution in [1.82, 2.24) is 4.90 Å².